The maximum absolute atomic E-state index is 12.0. The molecule has 0 unspecified atom stereocenters. The molecule has 20 heavy (non-hydrogen) atoms. The van der Waals surface area contributed by atoms with Crippen LogP contribution in [0.3, 0.4) is 0 Å². The molecule has 0 fully saturated rings. The van der Waals surface area contributed by atoms with Crippen LogP contribution in [0.4, 0.5) is 9.80 Å². The number of nitrogen functional groups attached to an aromatic ring is 1. The number of fused-ring (bicyclic) bond motifs is 1. The predicted octanol–water partition coefficient (Wildman–Crippen LogP) is 2.29. The fourth-order valence-corrected chi connectivity index (χ4v) is 3.96. The van der Waals surface area contributed by atoms with Crippen LogP contribution < -0.4 is 16.8 Å². The lowest BCUT2D eigenvalue weighted by Gasteiger charge is -2.33. The second kappa shape index (κ2) is 5.09. The molecule has 1 aliphatic carbocycles. The van der Waals surface area contributed by atoms with Gasteiger partial charge in [-0.1, -0.05) is 20.8 Å². The molecule has 1 aromatic rings. The lowest BCUT2D eigenvalue weighted by molar-refractivity contribution is 0.0966. The minimum absolute atomic E-state index is 0.242. The normalized spacial score (nSPS) is 18.4. The fourth-order valence-electron chi connectivity index (χ4n) is 2.77. The number of nitrogens with two attached hydrogens (primary N) is 2. The summed E-state index contributed by atoms with van der Waals surface area (Å²) in [7, 11) is 0. The lowest BCUT2D eigenvalue weighted by atomic mass is 9.72. The Kier molecular flexibility index (Phi) is 3.77. The number of carbonyl (C=O) groups is 2. The van der Waals surface area contributed by atoms with Gasteiger partial charge >= 0.3 is 6.03 Å². The van der Waals surface area contributed by atoms with Crippen LogP contribution in [0.15, 0.2) is 0 Å². The molecule has 1 aromatic heterocycles. The van der Waals surface area contributed by atoms with Gasteiger partial charge in [0.05, 0.1) is 10.6 Å². The van der Waals surface area contributed by atoms with E-state index in [0.29, 0.717) is 16.5 Å². The van der Waals surface area contributed by atoms with E-state index in [2.05, 4.69) is 26.1 Å². The van der Waals surface area contributed by atoms with Crippen LogP contribution in [0.1, 0.15) is 48.0 Å². The number of nitrogens with one attached hydrogen (secondary N) is 1. The van der Waals surface area contributed by atoms with Crippen LogP contribution in [-0.4, -0.2) is 11.9 Å². The third-order valence-electron chi connectivity index (χ3n) is 3.98. The van der Waals surface area contributed by atoms with Gasteiger partial charge in [0.25, 0.3) is 5.91 Å². The number of thiophene rings is 1. The number of hydrogen-bond acceptors (Lipinski definition) is 4. The first-order valence-corrected chi connectivity index (χ1v) is 7.52. The monoisotopic (exact) mass is 295 g/mol. The van der Waals surface area contributed by atoms with E-state index in [-0.39, 0.29) is 5.41 Å². The van der Waals surface area contributed by atoms with Gasteiger partial charge in [0.1, 0.15) is 0 Å². The number of hydrogen-bond donors (Lipinski definition) is 3. The van der Waals surface area contributed by atoms with E-state index in [1.165, 1.54) is 16.2 Å². The molecule has 5 nitrogen and oxygen atoms in total. The second-order valence-electron chi connectivity index (χ2n) is 6.37. The van der Waals surface area contributed by atoms with Gasteiger partial charge in [-0.25, -0.2) is 4.79 Å². The number of amides is 3. The topological polar surface area (TPSA) is 98.2 Å². The Morgan fingerprint density at radius 3 is 2.55 bits per heavy atom. The van der Waals surface area contributed by atoms with Crippen molar-refractivity contribution in [3.05, 3.63) is 16.0 Å². The van der Waals surface area contributed by atoms with Crippen molar-refractivity contribution >= 4 is 28.3 Å². The largest absolute Gasteiger partial charge is 0.390 e. The smallest absolute Gasteiger partial charge is 0.319 e. The number of imide groups is 1. The van der Waals surface area contributed by atoms with Crippen molar-refractivity contribution in [2.75, 3.05) is 5.73 Å². The highest BCUT2D eigenvalue weighted by atomic mass is 32.1. The van der Waals surface area contributed by atoms with E-state index < -0.39 is 11.9 Å². The third-order valence-corrected chi connectivity index (χ3v) is 5.06. The first-order valence-electron chi connectivity index (χ1n) is 6.71. The summed E-state index contributed by atoms with van der Waals surface area (Å²) in [5, 5.41) is 2.58. The number of anilines is 1. The fraction of sp³-hybridized carbons (Fsp3) is 0.571. The van der Waals surface area contributed by atoms with Crippen molar-refractivity contribution in [2.45, 2.75) is 40.0 Å². The first-order chi connectivity index (χ1) is 9.20. The minimum atomic E-state index is -0.849. The number of urea groups is 1. The number of primary amides is 1. The molecule has 1 heterocycles. The van der Waals surface area contributed by atoms with E-state index in [1.54, 1.807) is 0 Å². The Hall–Kier alpha value is -1.56. The van der Waals surface area contributed by atoms with Gasteiger partial charge in [-0.05, 0) is 36.2 Å². The minimum Gasteiger partial charge on any atom is -0.390 e. The summed E-state index contributed by atoms with van der Waals surface area (Å²) in [6.45, 7) is 6.71. The highest BCUT2D eigenvalue weighted by molar-refractivity contribution is 7.16. The summed E-state index contributed by atoms with van der Waals surface area (Å²) < 4.78 is 0. The Morgan fingerprint density at radius 1 is 1.35 bits per heavy atom. The molecule has 0 aliphatic heterocycles. The molecule has 0 bridgehead atoms. The SMILES string of the molecule is CC(C)(C)[C@@H]1CCc2c(sc(N)c2C(=O)NC(N)=O)C1. The highest BCUT2D eigenvalue weighted by Crippen LogP contribution is 2.43. The van der Waals surface area contributed by atoms with E-state index in [0.717, 1.165) is 24.8 Å². The van der Waals surface area contributed by atoms with Crippen molar-refractivity contribution in [3.63, 3.8) is 0 Å². The summed E-state index contributed by atoms with van der Waals surface area (Å²) in [4.78, 5) is 24.0. The Labute approximate surface area is 122 Å². The Morgan fingerprint density at radius 2 is 2.00 bits per heavy atom. The maximum Gasteiger partial charge on any atom is 0.319 e. The molecular weight excluding hydrogens is 274 g/mol. The van der Waals surface area contributed by atoms with E-state index in [1.807, 2.05) is 0 Å². The van der Waals surface area contributed by atoms with E-state index in [9.17, 15) is 9.59 Å². The standard InChI is InChI=1S/C14H21N3O2S/c1-14(2,3)7-4-5-8-9(6-7)20-11(15)10(8)12(18)17-13(16)19/h7H,4-6,15H2,1-3H3,(H3,16,17,18,19)/t7-/m1/s1. The van der Waals surface area contributed by atoms with Crippen molar-refractivity contribution in [1.82, 2.24) is 5.32 Å². The second-order valence-corrected chi connectivity index (χ2v) is 7.50. The van der Waals surface area contributed by atoms with E-state index >= 15 is 0 Å². The first kappa shape index (κ1) is 14.8. The van der Waals surface area contributed by atoms with Gasteiger partial charge in [-0.2, -0.15) is 0 Å². The molecular formula is C14H21N3O2S. The van der Waals surface area contributed by atoms with Crippen LogP contribution in [0.5, 0.6) is 0 Å². The quantitative estimate of drug-likeness (QED) is 0.741. The molecule has 3 amide bonds. The van der Waals surface area contributed by atoms with Gasteiger partial charge in [-0.15, -0.1) is 11.3 Å². The molecule has 110 valence electrons. The highest BCUT2D eigenvalue weighted by Gasteiger charge is 2.33. The van der Waals surface area contributed by atoms with Gasteiger partial charge in [0.2, 0.25) is 0 Å². The van der Waals surface area contributed by atoms with Crippen molar-refractivity contribution in [3.8, 4) is 0 Å². The molecule has 1 atom stereocenters. The van der Waals surface area contributed by atoms with Crippen molar-refractivity contribution in [2.24, 2.45) is 17.1 Å². The summed E-state index contributed by atoms with van der Waals surface area (Å²) in [6.07, 6.45) is 2.80. The third kappa shape index (κ3) is 2.80. The summed E-state index contributed by atoms with van der Waals surface area (Å²) in [5.41, 5.74) is 12.6. The van der Waals surface area contributed by atoms with Crippen LogP contribution in [-0.2, 0) is 12.8 Å². The average molecular weight is 295 g/mol. The van der Waals surface area contributed by atoms with Crippen LogP contribution >= 0.6 is 11.3 Å². The lowest BCUT2D eigenvalue weighted by Crippen LogP contribution is -2.36. The zero-order chi connectivity index (χ0) is 15.1. The zero-order valence-electron chi connectivity index (χ0n) is 12.1. The van der Waals surface area contributed by atoms with E-state index in [4.69, 9.17) is 11.5 Å². The number of rotatable bonds is 1. The molecule has 0 aromatic carbocycles. The van der Waals surface area contributed by atoms with Crippen LogP contribution in [0, 0.1) is 11.3 Å². The average Bonchev–Trinajstić information content (AvgIpc) is 2.61. The maximum atomic E-state index is 12.0. The molecule has 0 saturated heterocycles. The molecule has 5 N–H and O–H groups in total. The van der Waals surface area contributed by atoms with Crippen LogP contribution in [0.25, 0.3) is 0 Å². The van der Waals surface area contributed by atoms with Gasteiger partial charge in [-0.3, -0.25) is 10.1 Å². The molecule has 0 radical (unpaired) electrons. The summed E-state index contributed by atoms with van der Waals surface area (Å²) in [5.74, 6) is 0.0989. The predicted molar refractivity (Wildman–Crippen MR) is 80.8 cm³/mol. The van der Waals surface area contributed by atoms with Crippen molar-refractivity contribution < 1.29 is 9.59 Å². The molecule has 1 aliphatic rings. The zero-order valence-corrected chi connectivity index (χ0v) is 12.9. The molecule has 6 heteroatoms. The summed E-state index contributed by atoms with van der Waals surface area (Å²) >= 11 is 1.46. The molecule has 0 spiro atoms. The van der Waals surface area contributed by atoms with Gasteiger partial charge in [0, 0.05) is 4.88 Å². The Balaban J connectivity index is 2.30. The van der Waals surface area contributed by atoms with Crippen LogP contribution in [0.2, 0.25) is 0 Å². The molecule has 2 rings (SSSR count). The van der Waals surface area contributed by atoms with Gasteiger partial charge < -0.3 is 11.5 Å². The number of carbonyl (C=O) groups excluding carboxylic acids is 2. The molecule has 0 saturated carbocycles. The summed E-state index contributed by atoms with van der Waals surface area (Å²) in [6, 6.07) is -0.849. The van der Waals surface area contributed by atoms with Crippen molar-refractivity contribution in [1.29, 1.82) is 0 Å². The van der Waals surface area contributed by atoms with Gasteiger partial charge in [0.15, 0.2) is 0 Å². The Bertz CT molecular complexity index is 558.